The van der Waals surface area contributed by atoms with Crippen molar-refractivity contribution in [1.29, 1.82) is 0 Å². The molecule has 0 fully saturated rings. The molecule has 0 spiro atoms. The van der Waals surface area contributed by atoms with Gasteiger partial charge in [0.25, 0.3) is 5.91 Å². The number of halogens is 3. The number of rotatable bonds is 7. The highest BCUT2D eigenvalue weighted by molar-refractivity contribution is 9.10. The fraction of sp³-hybridized carbons (Fsp3) is 0.238. The first-order valence-electron chi connectivity index (χ1n) is 9.46. The van der Waals surface area contributed by atoms with Gasteiger partial charge in [0, 0.05) is 16.5 Å². The van der Waals surface area contributed by atoms with Crippen LogP contribution in [0.5, 0.6) is 0 Å². The molecule has 2 amide bonds. The number of thioether (sulfide) groups is 1. The topological polar surface area (TPSA) is 88.9 Å². The molecule has 0 saturated heterocycles. The van der Waals surface area contributed by atoms with Crippen molar-refractivity contribution in [1.82, 2.24) is 20.1 Å². The molecular formula is C21H20BrCl2N5O2S. The molecule has 1 aromatic heterocycles. The number of aromatic nitrogens is 3. The third-order valence-electron chi connectivity index (χ3n) is 4.70. The van der Waals surface area contributed by atoms with E-state index in [1.165, 1.54) is 17.8 Å². The van der Waals surface area contributed by atoms with E-state index in [1.807, 2.05) is 26.0 Å². The monoisotopic (exact) mass is 555 g/mol. The van der Waals surface area contributed by atoms with E-state index in [2.05, 4.69) is 36.8 Å². The average Bonchev–Trinajstić information content (AvgIpc) is 3.08. The van der Waals surface area contributed by atoms with E-state index >= 15 is 0 Å². The number of amides is 2. The number of anilines is 1. The highest BCUT2D eigenvalue weighted by Crippen LogP contribution is 2.27. The lowest BCUT2D eigenvalue weighted by Gasteiger charge is -2.10. The van der Waals surface area contributed by atoms with E-state index < -0.39 is 0 Å². The molecule has 2 aromatic carbocycles. The number of carbonyl (C=O) groups excluding carboxylic acids is 2. The minimum Gasteiger partial charge on any atom is -0.345 e. The average molecular weight is 557 g/mol. The van der Waals surface area contributed by atoms with Crippen LogP contribution in [0.25, 0.3) is 0 Å². The van der Waals surface area contributed by atoms with Gasteiger partial charge in [-0.3, -0.25) is 9.59 Å². The van der Waals surface area contributed by atoms with Gasteiger partial charge in [-0.15, -0.1) is 10.2 Å². The van der Waals surface area contributed by atoms with Crippen molar-refractivity contribution in [2.45, 2.75) is 25.5 Å². The zero-order valence-corrected chi connectivity index (χ0v) is 21.4. The predicted molar refractivity (Wildman–Crippen MR) is 132 cm³/mol. The van der Waals surface area contributed by atoms with Crippen LogP contribution in [0.4, 0.5) is 5.69 Å². The van der Waals surface area contributed by atoms with Crippen molar-refractivity contribution in [3.05, 3.63) is 67.4 Å². The molecule has 3 aromatic rings. The van der Waals surface area contributed by atoms with Gasteiger partial charge in [-0.25, -0.2) is 0 Å². The molecule has 0 aliphatic rings. The van der Waals surface area contributed by atoms with Crippen molar-refractivity contribution >= 4 is 68.4 Å². The van der Waals surface area contributed by atoms with Crippen LogP contribution in [0, 0.1) is 13.8 Å². The van der Waals surface area contributed by atoms with Crippen LogP contribution in [0.2, 0.25) is 10.0 Å². The van der Waals surface area contributed by atoms with Gasteiger partial charge in [-0.1, -0.05) is 35.0 Å². The molecular weight excluding hydrogens is 537 g/mol. The van der Waals surface area contributed by atoms with Crippen LogP contribution in [0.15, 0.2) is 40.0 Å². The summed E-state index contributed by atoms with van der Waals surface area (Å²) in [6.07, 6.45) is 0. The van der Waals surface area contributed by atoms with Crippen LogP contribution in [-0.4, -0.2) is 32.3 Å². The fourth-order valence-electron chi connectivity index (χ4n) is 2.75. The van der Waals surface area contributed by atoms with Crippen molar-refractivity contribution < 1.29 is 9.59 Å². The highest BCUT2D eigenvalue weighted by Gasteiger charge is 2.15. The second-order valence-corrected chi connectivity index (χ2v) is 9.66. The van der Waals surface area contributed by atoms with Crippen LogP contribution in [0.1, 0.15) is 27.3 Å². The first kappa shape index (κ1) is 24.6. The number of hydrogen-bond acceptors (Lipinski definition) is 5. The Labute approximate surface area is 208 Å². The number of nitrogens with one attached hydrogen (secondary N) is 2. The fourth-order valence-corrected chi connectivity index (χ4v) is 4.53. The Hall–Kier alpha value is -2.07. The molecule has 7 nitrogen and oxygen atoms in total. The van der Waals surface area contributed by atoms with E-state index in [4.69, 9.17) is 23.2 Å². The van der Waals surface area contributed by atoms with Crippen molar-refractivity contribution in [2.75, 3.05) is 11.1 Å². The SMILES string of the molecule is Cc1cc(Br)c(NC(=O)CSc2nnc(CNC(=O)c3ccc(Cl)cc3Cl)n2C)cc1C. The summed E-state index contributed by atoms with van der Waals surface area (Å²) in [5.74, 6) is 0.206. The van der Waals surface area contributed by atoms with Gasteiger partial charge >= 0.3 is 0 Å². The Bertz CT molecular complexity index is 1190. The van der Waals surface area contributed by atoms with E-state index in [1.54, 1.807) is 23.7 Å². The lowest BCUT2D eigenvalue weighted by Crippen LogP contribution is -2.24. The summed E-state index contributed by atoms with van der Waals surface area (Å²) in [6.45, 7) is 4.16. The minimum atomic E-state index is -0.345. The zero-order chi connectivity index (χ0) is 23.4. The summed E-state index contributed by atoms with van der Waals surface area (Å²) in [5.41, 5.74) is 3.28. The predicted octanol–water partition coefficient (Wildman–Crippen LogP) is 5.16. The molecule has 0 bridgehead atoms. The van der Waals surface area contributed by atoms with E-state index in [-0.39, 0.29) is 29.1 Å². The maximum atomic E-state index is 12.4. The van der Waals surface area contributed by atoms with Gasteiger partial charge in [0.15, 0.2) is 11.0 Å². The van der Waals surface area contributed by atoms with Gasteiger partial charge < -0.3 is 15.2 Å². The molecule has 1 heterocycles. The maximum absolute atomic E-state index is 12.4. The van der Waals surface area contributed by atoms with E-state index in [0.717, 1.165) is 21.3 Å². The summed E-state index contributed by atoms with van der Waals surface area (Å²) in [7, 11) is 1.77. The van der Waals surface area contributed by atoms with Crippen LogP contribution >= 0.6 is 50.9 Å². The Kier molecular flexibility index (Phi) is 8.21. The lowest BCUT2D eigenvalue weighted by molar-refractivity contribution is -0.113. The molecule has 0 atom stereocenters. The number of aryl methyl sites for hydroxylation is 2. The summed E-state index contributed by atoms with van der Waals surface area (Å²) in [6, 6.07) is 8.57. The number of hydrogen-bond donors (Lipinski definition) is 2. The summed E-state index contributed by atoms with van der Waals surface area (Å²) >= 11 is 16.7. The van der Waals surface area contributed by atoms with Gasteiger partial charge in [0.2, 0.25) is 5.91 Å². The second-order valence-electron chi connectivity index (χ2n) is 7.02. The molecule has 2 N–H and O–H groups in total. The first-order chi connectivity index (χ1) is 15.2. The Morgan fingerprint density at radius 1 is 1.12 bits per heavy atom. The van der Waals surface area contributed by atoms with Crippen molar-refractivity contribution in [3.8, 4) is 0 Å². The molecule has 0 saturated carbocycles. The van der Waals surface area contributed by atoms with Gasteiger partial charge in [0.05, 0.1) is 28.6 Å². The Morgan fingerprint density at radius 3 is 2.56 bits per heavy atom. The third-order valence-corrected chi connectivity index (χ3v) is 6.92. The maximum Gasteiger partial charge on any atom is 0.253 e. The molecule has 11 heteroatoms. The molecule has 0 unspecified atom stereocenters. The van der Waals surface area contributed by atoms with Gasteiger partial charge in [-0.05, 0) is 71.2 Å². The first-order valence-corrected chi connectivity index (χ1v) is 12.0. The summed E-state index contributed by atoms with van der Waals surface area (Å²) in [4.78, 5) is 24.8. The Morgan fingerprint density at radius 2 is 1.84 bits per heavy atom. The van der Waals surface area contributed by atoms with Crippen LogP contribution in [-0.2, 0) is 18.4 Å². The standard InChI is InChI=1S/C21H20BrCl2N5O2S/c1-11-6-15(22)17(7-12(11)2)26-19(30)10-32-21-28-27-18(29(21)3)9-25-20(31)14-5-4-13(23)8-16(14)24/h4-8H,9-10H2,1-3H3,(H,25,31)(H,26,30). The third kappa shape index (κ3) is 6.04. The van der Waals surface area contributed by atoms with E-state index in [0.29, 0.717) is 21.6 Å². The highest BCUT2D eigenvalue weighted by atomic mass is 79.9. The molecule has 0 aliphatic heterocycles. The zero-order valence-electron chi connectivity index (χ0n) is 17.5. The van der Waals surface area contributed by atoms with Crippen molar-refractivity contribution in [3.63, 3.8) is 0 Å². The van der Waals surface area contributed by atoms with Crippen LogP contribution in [0.3, 0.4) is 0 Å². The summed E-state index contributed by atoms with van der Waals surface area (Å²) < 4.78 is 2.56. The molecule has 32 heavy (non-hydrogen) atoms. The molecule has 3 rings (SSSR count). The van der Waals surface area contributed by atoms with Gasteiger partial charge in [-0.2, -0.15) is 0 Å². The summed E-state index contributed by atoms with van der Waals surface area (Å²) in [5, 5.41) is 15.2. The van der Waals surface area contributed by atoms with Crippen LogP contribution < -0.4 is 10.6 Å². The largest absolute Gasteiger partial charge is 0.345 e. The lowest BCUT2D eigenvalue weighted by atomic mass is 10.1. The smallest absolute Gasteiger partial charge is 0.253 e. The van der Waals surface area contributed by atoms with E-state index in [9.17, 15) is 9.59 Å². The van der Waals surface area contributed by atoms with Crippen molar-refractivity contribution in [2.24, 2.45) is 7.05 Å². The normalized spacial score (nSPS) is 10.8. The number of benzene rings is 2. The minimum absolute atomic E-state index is 0.156. The second kappa shape index (κ2) is 10.7. The molecule has 168 valence electrons. The molecule has 0 aliphatic carbocycles. The van der Waals surface area contributed by atoms with Gasteiger partial charge in [0.1, 0.15) is 0 Å². The molecule has 0 radical (unpaired) electrons. The number of nitrogens with zero attached hydrogens (tertiary/aromatic N) is 3. The number of carbonyl (C=O) groups is 2. The quantitative estimate of drug-likeness (QED) is 0.392. The Balaban J connectivity index is 1.56.